The number of para-hydroxylation sites is 1. The fraction of sp³-hybridized carbons (Fsp3) is 0.286. The molecule has 0 unspecified atom stereocenters. The van der Waals surface area contributed by atoms with Crippen molar-refractivity contribution in [2.75, 3.05) is 38.1 Å². The van der Waals surface area contributed by atoms with E-state index in [1.54, 1.807) is 4.57 Å². The quantitative estimate of drug-likeness (QED) is 0.703. The Bertz CT molecular complexity index is 1100. The minimum absolute atomic E-state index is 0.151. The first-order valence-electron chi connectivity index (χ1n) is 9.03. The van der Waals surface area contributed by atoms with Gasteiger partial charge in [0.1, 0.15) is 12.4 Å². The summed E-state index contributed by atoms with van der Waals surface area (Å²) in [5.74, 6) is 0. The molecule has 136 valence electrons. The number of fused-ring (bicyclic) bond motifs is 1. The molecule has 0 bridgehead atoms. The molecule has 1 fully saturated rings. The number of benzene rings is 2. The predicted octanol–water partition coefficient (Wildman–Crippen LogP) is 2.32. The summed E-state index contributed by atoms with van der Waals surface area (Å²) in [5.41, 5.74) is 3.47. The van der Waals surface area contributed by atoms with Crippen molar-refractivity contribution in [3.8, 4) is 11.8 Å². The van der Waals surface area contributed by atoms with E-state index in [2.05, 4.69) is 27.9 Å². The van der Waals surface area contributed by atoms with E-state index in [1.807, 2.05) is 43.3 Å². The molecule has 1 aliphatic rings. The van der Waals surface area contributed by atoms with Gasteiger partial charge >= 0.3 is 0 Å². The standard InChI is InChI=1S/C21H21N5O/c1-15-5-3-4-6-19(15)26-14-23-20-16(13-22)11-17(12-18(20)21(26)27)25-9-7-24(2)8-10-25/h3-6,11-12,14H,7-10H2,1-2H3. The summed E-state index contributed by atoms with van der Waals surface area (Å²) in [6.07, 6.45) is 1.52. The Morgan fingerprint density at radius 1 is 1.11 bits per heavy atom. The minimum Gasteiger partial charge on any atom is -0.369 e. The summed E-state index contributed by atoms with van der Waals surface area (Å²) >= 11 is 0. The second-order valence-electron chi connectivity index (χ2n) is 7.00. The summed E-state index contributed by atoms with van der Waals surface area (Å²) in [7, 11) is 2.10. The van der Waals surface area contributed by atoms with Gasteiger partial charge in [-0.3, -0.25) is 9.36 Å². The van der Waals surface area contributed by atoms with Gasteiger partial charge in [-0.1, -0.05) is 18.2 Å². The molecule has 3 aromatic rings. The fourth-order valence-electron chi connectivity index (χ4n) is 3.56. The Kier molecular flexibility index (Phi) is 4.38. The van der Waals surface area contributed by atoms with Crippen LogP contribution in [0.3, 0.4) is 0 Å². The Hall–Kier alpha value is -3.17. The molecule has 0 aliphatic carbocycles. The Balaban J connectivity index is 1.90. The lowest BCUT2D eigenvalue weighted by Gasteiger charge is -2.34. The zero-order chi connectivity index (χ0) is 19.0. The largest absolute Gasteiger partial charge is 0.369 e. The van der Waals surface area contributed by atoms with Crippen LogP contribution in [0.15, 0.2) is 47.5 Å². The number of anilines is 1. The minimum atomic E-state index is -0.151. The maximum Gasteiger partial charge on any atom is 0.265 e. The predicted molar refractivity (Wildman–Crippen MR) is 107 cm³/mol. The number of piperazine rings is 1. The first-order valence-corrected chi connectivity index (χ1v) is 9.03. The van der Waals surface area contributed by atoms with Crippen LogP contribution in [-0.4, -0.2) is 47.7 Å². The fourth-order valence-corrected chi connectivity index (χ4v) is 3.56. The second kappa shape index (κ2) is 6.86. The Morgan fingerprint density at radius 2 is 1.85 bits per heavy atom. The Morgan fingerprint density at radius 3 is 2.56 bits per heavy atom. The van der Waals surface area contributed by atoms with Crippen LogP contribution < -0.4 is 10.5 Å². The molecule has 6 nitrogen and oxygen atoms in total. The molecule has 0 atom stereocenters. The van der Waals surface area contributed by atoms with Gasteiger partial charge in [-0.05, 0) is 37.7 Å². The summed E-state index contributed by atoms with van der Waals surface area (Å²) < 4.78 is 1.56. The summed E-state index contributed by atoms with van der Waals surface area (Å²) in [6, 6.07) is 13.6. The normalized spacial score (nSPS) is 15.1. The van der Waals surface area contributed by atoms with Crippen molar-refractivity contribution < 1.29 is 0 Å². The van der Waals surface area contributed by atoms with E-state index in [-0.39, 0.29) is 5.56 Å². The van der Waals surface area contributed by atoms with Crippen LogP contribution in [0.5, 0.6) is 0 Å². The van der Waals surface area contributed by atoms with E-state index in [0.29, 0.717) is 16.5 Å². The van der Waals surface area contributed by atoms with Crippen LogP contribution in [0, 0.1) is 18.3 Å². The molecule has 1 aliphatic heterocycles. The second-order valence-corrected chi connectivity index (χ2v) is 7.00. The van der Waals surface area contributed by atoms with Crippen molar-refractivity contribution in [3.63, 3.8) is 0 Å². The number of likely N-dealkylation sites (N-methyl/N-ethyl adjacent to an activating group) is 1. The third kappa shape index (κ3) is 3.07. The zero-order valence-electron chi connectivity index (χ0n) is 15.5. The molecule has 2 aromatic carbocycles. The number of hydrogen-bond acceptors (Lipinski definition) is 5. The molecule has 0 amide bonds. The number of aryl methyl sites for hydroxylation is 1. The van der Waals surface area contributed by atoms with Crippen molar-refractivity contribution in [1.29, 1.82) is 5.26 Å². The third-order valence-corrected chi connectivity index (χ3v) is 5.21. The maximum absolute atomic E-state index is 13.2. The average molecular weight is 359 g/mol. The van der Waals surface area contributed by atoms with Gasteiger partial charge in [0.15, 0.2) is 0 Å². The van der Waals surface area contributed by atoms with E-state index in [0.717, 1.165) is 43.1 Å². The van der Waals surface area contributed by atoms with Crippen LogP contribution in [0.25, 0.3) is 16.6 Å². The van der Waals surface area contributed by atoms with E-state index in [9.17, 15) is 10.1 Å². The topological polar surface area (TPSA) is 65.2 Å². The van der Waals surface area contributed by atoms with E-state index in [4.69, 9.17) is 0 Å². The first kappa shape index (κ1) is 17.3. The van der Waals surface area contributed by atoms with Gasteiger partial charge in [-0.2, -0.15) is 5.26 Å². The van der Waals surface area contributed by atoms with Crippen molar-refractivity contribution in [3.05, 3.63) is 64.2 Å². The van der Waals surface area contributed by atoms with Gasteiger partial charge in [-0.15, -0.1) is 0 Å². The van der Waals surface area contributed by atoms with E-state index < -0.39 is 0 Å². The first-order chi connectivity index (χ1) is 13.1. The van der Waals surface area contributed by atoms with Crippen LogP contribution >= 0.6 is 0 Å². The smallest absolute Gasteiger partial charge is 0.265 e. The van der Waals surface area contributed by atoms with Gasteiger partial charge in [0.25, 0.3) is 5.56 Å². The monoisotopic (exact) mass is 359 g/mol. The summed E-state index contributed by atoms with van der Waals surface area (Å²) in [4.78, 5) is 22.2. The molecule has 4 rings (SSSR count). The van der Waals surface area contributed by atoms with E-state index in [1.165, 1.54) is 6.33 Å². The maximum atomic E-state index is 13.2. The van der Waals surface area contributed by atoms with Gasteiger partial charge < -0.3 is 9.80 Å². The lowest BCUT2D eigenvalue weighted by molar-refractivity contribution is 0.313. The molecule has 27 heavy (non-hydrogen) atoms. The number of nitriles is 1. The lowest BCUT2D eigenvalue weighted by Crippen LogP contribution is -2.44. The zero-order valence-corrected chi connectivity index (χ0v) is 15.5. The highest BCUT2D eigenvalue weighted by molar-refractivity contribution is 5.87. The summed E-state index contributed by atoms with van der Waals surface area (Å²) in [6.45, 7) is 5.63. The van der Waals surface area contributed by atoms with Crippen molar-refractivity contribution in [1.82, 2.24) is 14.5 Å². The van der Waals surface area contributed by atoms with E-state index >= 15 is 0 Å². The van der Waals surface area contributed by atoms with Gasteiger partial charge in [0, 0.05) is 31.9 Å². The SMILES string of the molecule is Cc1ccccc1-n1cnc2c(C#N)cc(N3CCN(C)CC3)cc2c1=O. The molecule has 1 aromatic heterocycles. The molecule has 0 N–H and O–H groups in total. The van der Waals surface area contributed by atoms with Crippen molar-refractivity contribution in [2.45, 2.75) is 6.92 Å². The molecular formula is C21H21N5O. The molecule has 1 saturated heterocycles. The molecule has 0 saturated carbocycles. The third-order valence-electron chi connectivity index (χ3n) is 5.21. The highest BCUT2D eigenvalue weighted by Crippen LogP contribution is 2.24. The number of nitrogens with zero attached hydrogens (tertiary/aromatic N) is 5. The van der Waals surface area contributed by atoms with Gasteiger partial charge in [-0.25, -0.2) is 4.98 Å². The molecule has 0 radical (unpaired) electrons. The highest BCUT2D eigenvalue weighted by atomic mass is 16.1. The number of rotatable bonds is 2. The molecule has 6 heteroatoms. The molecule has 0 spiro atoms. The van der Waals surface area contributed by atoms with Crippen LogP contribution in [-0.2, 0) is 0 Å². The lowest BCUT2D eigenvalue weighted by atomic mass is 10.1. The van der Waals surface area contributed by atoms with Crippen molar-refractivity contribution >= 4 is 16.6 Å². The van der Waals surface area contributed by atoms with Gasteiger partial charge in [0.2, 0.25) is 0 Å². The Labute approximate surface area is 157 Å². The highest BCUT2D eigenvalue weighted by Gasteiger charge is 2.18. The molecule has 2 heterocycles. The average Bonchev–Trinajstić information content (AvgIpc) is 2.69. The van der Waals surface area contributed by atoms with Crippen LogP contribution in [0.2, 0.25) is 0 Å². The van der Waals surface area contributed by atoms with Crippen LogP contribution in [0.1, 0.15) is 11.1 Å². The summed E-state index contributed by atoms with van der Waals surface area (Å²) in [5, 5.41) is 10.1. The van der Waals surface area contributed by atoms with Crippen molar-refractivity contribution in [2.24, 2.45) is 0 Å². The molecular weight excluding hydrogens is 338 g/mol. The number of hydrogen-bond donors (Lipinski definition) is 0. The van der Waals surface area contributed by atoms with Crippen LogP contribution in [0.4, 0.5) is 5.69 Å². The van der Waals surface area contributed by atoms with Gasteiger partial charge in [0.05, 0.1) is 22.2 Å². The number of aromatic nitrogens is 2.